The van der Waals surface area contributed by atoms with E-state index in [1.54, 1.807) is 0 Å². The summed E-state index contributed by atoms with van der Waals surface area (Å²) < 4.78 is 2.41. The van der Waals surface area contributed by atoms with E-state index in [9.17, 15) is 4.79 Å². The minimum Gasteiger partial charge on any atom is -0.289 e. The summed E-state index contributed by atoms with van der Waals surface area (Å²) in [6, 6.07) is 3.64. The first-order valence-electron chi connectivity index (χ1n) is 3.37. The van der Waals surface area contributed by atoms with Crippen LogP contribution in [0.15, 0.2) is 38.2 Å². The van der Waals surface area contributed by atoms with Gasteiger partial charge in [-0.3, -0.25) is 4.79 Å². The molecule has 13 heavy (non-hydrogen) atoms. The van der Waals surface area contributed by atoms with Gasteiger partial charge in [0.1, 0.15) is 0 Å². The van der Waals surface area contributed by atoms with Crippen LogP contribution in [0.4, 0.5) is 0 Å². The van der Waals surface area contributed by atoms with Crippen molar-refractivity contribution in [2.45, 2.75) is 0 Å². The van der Waals surface area contributed by atoms with Gasteiger partial charge in [0.25, 0.3) is 0 Å². The van der Waals surface area contributed by atoms with E-state index in [2.05, 4.69) is 54.4 Å². The lowest BCUT2D eigenvalue weighted by Crippen LogP contribution is -1.96. The second-order valence-corrected chi connectivity index (χ2v) is 4.94. The Bertz CT molecular complexity index is 348. The molecule has 0 aliphatic heterocycles. The van der Waals surface area contributed by atoms with Crippen LogP contribution in [-0.4, -0.2) is 5.78 Å². The van der Waals surface area contributed by atoms with Crippen LogP contribution >= 0.6 is 47.8 Å². The molecule has 0 unspecified atom stereocenters. The van der Waals surface area contributed by atoms with E-state index in [-0.39, 0.29) is 5.78 Å². The van der Waals surface area contributed by atoms with E-state index in [1.165, 1.54) is 6.08 Å². The molecule has 0 amide bonds. The molecule has 4 heteroatoms. The van der Waals surface area contributed by atoms with Gasteiger partial charge in [-0.25, -0.2) is 0 Å². The Labute approximate surface area is 102 Å². The molecule has 0 aromatic heterocycles. The number of rotatable bonds is 2. The predicted molar refractivity (Wildman–Crippen MR) is 64.1 cm³/mol. The van der Waals surface area contributed by atoms with Crippen LogP contribution < -0.4 is 0 Å². The molecule has 0 N–H and O–H groups in total. The summed E-state index contributed by atoms with van der Waals surface area (Å²) in [4.78, 5) is 11.4. The Morgan fingerprint density at radius 1 is 1.23 bits per heavy atom. The molecular weight excluding hydrogens is 364 g/mol. The standard InChI is InChI=1S/C9H5Br3O/c1-2-8(13)9-6(11)3-5(10)4-7(9)12/h2-4H,1H2. The molecule has 0 saturated carbocycles. The third kappa shape index (κ3) is 2.51. The number of carbonyl (C=O) groups excluding carboxylic acids is 1. The summed E-state index contributed by atoms with van der Waals surface area (Å²) in [5.74, 6) is -0.105. The van der Waals surface area contributed by atoms with E-state index in [1.807, 2.05) is 12.1 Å². The van der Waals surface area contributed by atoms with Crippen molar-refractivity contribution in [2.24, 2.45) is 0 Å². The van der Waals surface area contributed by atoms with E-state index < -0.39 is 0 Å². The van der Waals surface area contributed by atoms with Crippen molar-refractivity contribution < 1.29 is 4.79 Å². The SMILES string of the molecule is C=CC(=O)c1c(Br)cc(Br)cc1Br. The number of carbonyl (C=O) groups is 1. The van der Waals surface area contributed by atoms with Crippen molar-refractivity contribution in [3.05, 3.63) is 43.8 Å². The van der Waals surface area contributed by atoms with Crippen LogP contribution in [0.3, 0.4) is 0 Å². The molecule has 0 aliphatic carbocycles. The van der Waals surface area contributed by atoms with Gasteiger partial charge in [0.2, 0.25) is 0 Å². The maximum Gasteiger partial charge on any atom is 0.187 e. The molecule has 0 spiro atoms. The van der Waals surface area contributed by atoms with Gasteiger partial charge in [-0.1, -0.05) is 22.5 Å². The first-order valence-corrected chi connectivity index (χ1v) is 5.75. The average Bonchev–Trinajstić information content (AvgIpc) is 2.02. The Kier molecular flexibility index (Phi) is 3.88. The topological polar surface area (TPSA) is 17.1 Å². The smallest absolute Gasteiger partial charge is 0.187 e. The Balaban J connectivity index is 3.36. The number of benzene rings is 1. The molecule has 0 bridgehead atoms. The van der Waals surface area contributed by atoms with Gasteiger partial charge in [-0.05, 0) is 50.1 Å². The number of hydrogen-bond donors (Lipinski definition) is 0. The summed E-state index contributed by atoms with van der Waals surface area (Å²) in [6.07, 6.45) is 1.29. The van der Waals surface area contributed by atoms with Gasteiger partial charge in [-0.2, -0.15) is 0 Å². The van der Waals surface area contributed by atoms with Gasteiger partial charge >= 0.3 is 0 Å². The summed E-state index contributed by atoms with van der Waals surface area (Å²) in [5, 5.41) is 0. The van der Waals surface area contributed by atoms with Crippen molar-refractivity contribution in [1.82, 2.24) is 0 Å². The number of allylic oxidation sites excluding steroid dienone is 1. The highest BCUT2D eigenvalue weighted by Gasteiger charge is 2.11. The zero-order valence-electron chi connectivity index (χ0n) is 6.48. The van der Waals surface area contributed by atoms with Crippen LogP contribution in [0.25, 0.3) is 0 Å². The molecule has 0 fully saturated rings. The number of hydrogen-bond acceptors (Lipinski definition) is 1. The Morgan fingerprint density at radius 3 is 2.08 bits per heavy atom. The summed E-state index contributed by atoms with van der Waals surface area (Å²) in [7, 11) is 0. The van der Waals surface area contributed by atoms with Gasteiger partial charge < -0.3 is 0 Å². The number of halogens is 3. The maximum absolute atomic E-state index is 11.4. The molecule has 0 atom stereocenters. The molecular formula is C9H5Br3O. The quantitative estimate of drug-likeness (QED) is 0.560. The molecule has 0 radical (unpaired) electrons. The molecule has 1 nitrogen and oxygen atoms in total. The maximum atomic E-state index is 11.4. The van der Waals surface area contributed by atoms with Crippen molar-refractivity contribution in [2.75, 3.05) is 0 Å². The van der Waals surface area contributed by atoms with Gasteiger partial charge in [-0.15, -0.1) is 0 Å². The fourth-order valence-electron chi connectivity index (χ4n) is 0.880. The van der Waals surface area contributed by atoms with Crippen LogP contribution in [0.1, 0.15) is 10.4 Å². The van der Waals surface area contributed by atoms with E-state index in [0.29, 0.717) is 5.56 Å². The Hall–Kier alpha value is 0.0700. The highest BCUT2D eigenvalue weighted by Crippen LogP contribution is 2.30. The van der Waals surface area contributed by atoms with E-state index in [4.69, 9.17) is 0 Å². The summed E-state index contributed by atoms with van der Waals surface area (Å²) >= 11 is 9.94. The molecule has 1 aromatic rings. The van der Waals surface area contributed by atoms with E-state index in [0.717, 1.165) is 13.4 Å². The van der Waals surface area contributed by atoms with Crippen molar-refractivity contribution in [3.63, 3.8) is 0 Å². The summed E-state index contributed by atoms with van der Waals surface area (Å²) in [6.45, 7) is 3.44. The van der Waals surface area contributed by atoms with Crippen molar-refractivity contribution >= 4 is 53.6 Å². The highest BCUT2D eigenvalue weighted by atomic mass is 79.9. The van der Waals surface area contributed by atoms with E-state index >= 15 is 0 Å². The first kappa shape index (κ1) is 11.1. The molecule has 0 saturated heterocycles. The monoisotopic (exact) mass is 366 g/mol. The van der Waals surface area contributed by atoms with Crippen LogP contribution in [0, 0.1) is 0 Å². The van der Waals surface area contributed by atoms with Crippen molar-refractivity contribution in [1.29, 1.82) is 0 Å². The lowest BCUT2D eigenvalue weighted by molar-refractivity contribution is 0.104. The van der Waals surface area contributed by atoms with Crippen LogP contribution in [0.5, 0.6) is 0 Å². The van der Waals surface area contributed by atoms with Crippen molar-refractivity contribution in [3.8, 4) is 0 Å². The zero-order chi connectivity index (χ0) is 10.0. The third-order valence-corrected chi connectivity index (χ3v) is 3.15. The molecule has 0 aliphatic rings. The second-order valence-electron chi connectivity index (χ2n) is 2.31. The van der Waals surface area contributed by atoms with Crippen LogP contribution in [-0.2, 0) is 0 Å². The number of ketones is 1. The summed E-state index contributed by atoms with van der Waals surface area (Å²) in [5.41, 5.74) is 0.596. The third-order valence-electron chi connectivity index (χ3n) is 1.44. The lowest BCUT2D eigenvalue weighted by atomic mass is 10.1. The lowest BCUT2D eigenvalue weighted by Gasteiger charge is -2.04. The minimum absolute atomic E-state index is 0.105. The molecule has 68 valence electrons. The molecule has 1 rings (SSSR count). The fraction of sp³-hybridized carbons (Fsp3) is 0. The fourth-order valence-corrected chi connectivity index (χ4v) is 3.53. The van der Waals surface area contributed by atoms with Gasteiger partial charge in [0.05, 0.1) is 5.56 Å². The van der Waals surface area contributed by atoms with Crippen LogP contribution in [0.2, 0.25) is 0 Å². The molecule has 0 heterocycles. The first-order chi connectivity index (χ1) is 6.06. The predicted octanol–water partition coefficient (Wildman–Crippen LogP) is 4.34. The average molecular weight is 369 g/mol. The zero-order valence-corrected chi connectivity index (χ0v) is 11.2. The van der Waals surface area contributed by atoms with Gasteiger partial charge in [0, 0.05) is 13.4 Å². The van der Waals surface area contributed by atoms with Gasteiger partial charge in [0.15, 0.2) is 5.78 Å². The normalized spacial score (nSPS) is 9.77. The minimum atomic E-state index is -0.105. The highest BCUT2D eigenvalue weighted by molar-refractivity contribution is 9.11. The largest absolute Gasteiger partial charge is 0.289 e. The Morgan fingerprint density at radius 2 is 1.69 bits per heavy atom. The second kappa shape index (κ2) is 4.53. The molecule has 1 aromatic carbocycles.